The van der Waals surface area contributed by atoms with E-state index in [4.69, 9.17) is 4.74 Å². The number of hydrogen-bond donors (Lipinski definition) is 0. The van der Waals surface area contributed by atoms with Gasteiger partial charge in [0, 0.05) is 19.9 Å². The van der Waals surface area contributed by atoms with Gasteiger partial charge in [-0.2, -0.15) is 9.46 Å². The Balaban J connectivity index is 0.000000280. The number of rotatable bonds is 5. The summed E-state index contributed by atoms with van der Waals surface area (Å²) in [4.78, 5) is 18.9. The zero-order chi connectivity index (χ0) is 21.6. The number of halogens is 1. The highest BCUT2D eigenvalue weighted by atomic mass is 79.9. The molecular formula is C16H19BrN4O7. The fourth-order valence-corrected chi connectivity index (χ4v) is 2.27. The normalized spacial score (nSPS) is 10.2. The highest BCUT2D eigenvalue weighted by Crippen LogP contribution is 2.25. The van der Waals surface area contributed by atoms with Crippen molar-refractivity contribution in [2.24, 2.45) is 5.92 Å². The van der Waals surface area contributed by atoms with Crippen LogP contribution in [0.25, 0.3) is 0 Å². The third-order valence-corrected chi connectivity index (χ3v) is 3.91. The Bertz CT molecular complexity index is 851. The molecule has 0 aromatic carbocycles. The quantitative estimate of drug-likeness (QED) is 0.289. The van der Waals surface area contributed by atoms with Gasteiger partial charge in [-0.15, -0.1) is 0 Å². The van der Waals surface area contributed by atoms with Gasteiger partial charge in [0.25, 0.3) is 6.20 Å². The van der Waals surface area contributed by atoms with Crippen molar-refractivity contribution in [3.63, 3.8) is 0 Å². The van der Waals surface area contributed by atoms with Gasteiger partial charge in [0.05, 0.1) is 22.5 Å². The van der Waals surface area contributed by atoms with E-state index in [1.807, 2.05) is 0 Å². The van der Waals surface area contributed by atoms with Crippen LogP contribution in [0.3, 0.4) is 0 Å². The maximum absolute atomic E-state index is 11.2. The molecule has 0 aliphatic rings. The van der Waals surface area contributed by atoms with E-state index in [9.17, 15) is 30.6 Å². The SMILES string of the molecule is Cc1cc(OCC(C)C)c(Br)c[n+]1[O-].Cc1cc([N+](=O)[O-])c([N+](=O)[O-])c[n+]1[O-]. The van der Waals surface area contributed by atoms with Crippen LogP contribution in [0.1, 0.15) is 25.2 Å². The smallest absolute Gasteiger partial charge is 0.410 e. The number of aromatic nitrogens is 2. The topological polar surface area (TPSA) is 149 Å². The molecule has 0 saturated carbocycles. The first-order chi connectivity index (χ1) is 12.9. The average molecular weight is 459 g/mol. The summed E-state index contributed by atoms with van der Waals surface area (Å²) >= 11 is 3.29. The summed E-state index contributed by atoms with van der Waals surface area (Å²) < 4.78 is 7.25. The molecule has 0 radical (unpaired) electrons. The monoisotopic (exact) mass is 458 g/mol. The van der Waals surface area contributed by atoms with Crippen molar-refractivity contribution >= 4 is 27.3 Å². The summed E-state index contributed by atoms with van der Waals surface area (Å²) in [5.74, 6) is 1.20. The Morgan fingerprint density at radius 3 is 2.00 bits per heavy atom. The first-order valence-corrected chi connectivity index (χ1v) is 8.78. The average Bonchev–Trinajstić information content (AvgIpc) is 2.59. The number of aryl methyl sites for hydroxylation is 2. The Kier molecular flexibility index (Phi) is 8.04. The highest BCUT2D eigenvalue weighted by Gasteiger charge is 2.29. The van der Waals surface area contributed by atoms with Crippen LogP contribution < -0.4 is 14.2 Å². The molecule has 12 heteroatoms. The van der Waals surface area contributed by atoms with Crippen LogP contribution in [-0.2, 0) is 0 Å². The van der Waals surface area contributed by atoms with Crippen molar-refractivity contribution in [3.05, 3.63) is 71.0 Å². The number of ether oxygens (including phenoxy) is 1. The minimum Gasteiger partial charge on any atom is -0.618 e. The van der Waals surface area contributed by atoms with Crippen LogP contribution in [0, 0.1) is 50.4 Å². The first-order valence-electron chi connectivity index (χ1n) is 7.98. The van der Waals surface area contributed by atoms with Crippen molar-refractivity contribution < 1.29 is 24.0 Å². The summed E-state index contributed by atoms with van der Waals surface area (Å²) in [7, 11) is 0. The maximum atomic E-state index is 11.2. The van der Waals surface area contributed by atoms with Crippen LogP contribution in [-0.4, -0.2) is 16.5 Å². The second-order valence-electron chi connectivity index (χ2n) is 6.18. The largest absolute Gasteiger partial charge is 0.618 e. The molecule has 0 aliphatic heterocycles. The molecule has 152 valence electrons. The molecule has 2 heterocycles. The zero-order valence-corrected chi connectivity index (χ0v) is 17.2. The van der Waals surface area contributed by atoms with E-state index < -0.39 is 21.2 Å². The molecule has 0 spiro atoms. The van der Waals surface area contributed by atoms with Crippen LogP contribution in [0.4, 0.5) is 11.4 Å². The van der Waals surface area contributed by atoms with E-state index in [1.54, 1.807) is 13.0 Å². The van der Waals surface area contributed by atoms with Crippen molar-refractivity contribution in [3.8, 4) is 5.75 Å². The zero-order valence-electron chi connectivity index (χ0n) is 15.6. The van der Waals surface area contributed by atoms with Crippen molar-refractivity contribution in [2.75, 3.05) is 6.61 Å². The summed E-state index contributed by atoms with van der Waals surface area (Å²) in [6.45, 7) is 7.89. The predicted octanol–water partition coefficient (Wildman–Crippen LogP) is 2.87. The van der Waals surface area contributed by atoms with Gasteiger partial charge in [0.1, 0.15) is 10.2 Å². The van der Waals surface area contributed by atoms with Crippen LogP contribution in [0.5, 0.6) is 5.75 Å². The predicted molar refractivity (Wildman–Crippen MR) is 102 cm³/mol. The van der Waals surface area contributed by atoms with Crippen LogP contribution in [0.15, 0.2) is 29.0 Å². The first kappa shape index (κ1) is 23.0. The van der Waals surface area contributed by atoms with E-state index in [1.165, 1.54) is 13.1 Å². The Hall–Kier alpha value is -3.02. The standard InChI is InChI=1S/C10H14BrNO2.C6H5N3O5/c1-7(2)6-14-10-4-8(3)12(13)5-9(10)11;1-4-2-5(8(11)12)6(9(13)14)3-7(4)10/h4-5,7H,6H2,1-3H3;2-3H,1H3. The van der Waals surface area contributed by atoms with Gasteiger partial charge in [-0.05, 0) is 21.8 Å². The lowest BCUT2D eigenvalue weighted by Gasteiger charge is -2.10. The lowest BCUT2D eigenvalue weighted by molar-refractivity contribution is -0.617. The maximum Gasteiger partial charge on any atom is 0.410 e. The molecule has 2 rings (SSSR count). The fraction of sp³-hybridized carbons (Fsp3) is 0.375. The lowest BCUT2D eigenvalue weighted by Crippen LogP contribution is -2.30. The van der Waals surface area contributed by atoms with Crippen LogP contribution >= 0.6 is 15.9 Å². The van der Waals surface area contributed by atoms with E-state index >= 15 is 0 Å². The number of hydrogen-bond acceptors (Lipinski definition) is 7. The number of pyridine rings is 2. The molecule has 0 aliphatic carbocycles. The van der Waals surface area contributed by atoms with Crippen LogP contribution in [0.2, 0.25) is 0 Å². The van der Waals surface area contributed by atoms with E-state index in [-0.39, 0.29) is 10.4 Å². The second-order valence-corrected chi connectivity index (χ2v) is 7.04. The molecule has 2 aromatic heterocycles. The van der Waals surface area contributed by atoms with E-state index in [0.29, 0.717) is 28.9 Å². The summed E-state index contributed by atoms with van der Waals surface area (Å²) in [6, 6.07) is 2.60. The van der Waals surface area contributed by atoms with Gasteiger partial charge >= 0.3 is 11.4 Å². The van der Waals surface area contributed by atoms with Gasteiger partial charge in [0.2, 0.25) is 0 Å². The molecule has 0 N–H and O–H groups in total. The summed E-state index contributed by atoms with van der Waals surface area (Å²) in [5, 5.41) is 42.8. The molecule has 11 nitrogen and oxygen atoms in total. The second kappa shape index (κ2) is 9.78. The minimum absolute atomic E-state index is 0.0299. The van der Waals surface area contributed by atoms with Gasteiger partial charge < -0.3 is 15.2 Å². The lowest BCUT2D eigenvalue weighted by atomic mass is 10.2. The fourth-order valence-electron chi connectivity index (χ4n) is 1.86. The van der Waals surface area contributed by atoms with E-state index in [2.05, 4.69) is 29.8 Å². The van der Waals surface area contributed by atoms with Crippen molar-refractivity contribution in [1.29, 1.82) is 0 Å². The summed E-state index contributed by atoms with van der Waals surface area (Å²) in [6.07, 6.45) is 2.04. The number of nitro groups is 2. The minimum atomic E-state index is -0.966. The Morgan fingerprint density at radius 2 is 1.50 bits per heavy atom. The molecular weight excluding hydrogens is 440 g/mol. The van der Waals surface area contributed by atoms with Gasteiger partial charge in [-0.25, -0.2) is 0 Å². The Labute approximate surface area is 168 Å². The summed E-state index contributed by atoms with van der Waals surface area (Å²) in [5.41, 5.74) is -0.829. The molecule has 0 saturated heterocycles. The van der Waals surface area contributed by atoms with Gasteiger partial charge in [-0.1, -0.05) is 13.8 Å². The molecule has 28 heavy (non-hydrogen) atoms. The molecule has 0 atom stereocenters. The highest BCUT2D eigenvalue weighted by molar-refractivity contribution is 9.10. The molecule has 0 unspecified atom stereocenters. The molecule has 2 aromatic rings. The third kappa shape index (κ3) is 6.30. The third-order valence-electron chi connectivity index (χ3n) is 3.31. The molecule has 0 amide bonds. The molecule has 0 fully saturated rings. The van der Waals surface area contributed by atoms with E-state index in [0.717, 1.165) is 16.5 Å². The van der Waals surface area contributed by atoms with Crippen molar-refractivity contribution in [2.45, 2.75) is 27.7 Å². The number of nitrogens with zero attached hydrogens (tertiary/aromatic N) is 4. The Morgan fingerprint density at radius 1 is 1.00 bits per heavy atom. The van der Waals surface area contributed by atoms with Gasteiger partial charge in [-0.3, -0.25) is 20.2 Å². The van der Waals surface area contributed by atoms with Crippen molar-refractivity contribution in [1.82, 2.24) is 0 Å². The van der Waals surface area contributed by atoms with Gasteiger partial charge in [0.15, 0.2) is 17.6 Å². The molecule has 0 bridgehead atoms.